The molecule has 2 aromatic rings. The molecule has 0 atom stereocenters. The van der Waals surface area contributed by atoms with Crippen molar-refractivity contribution in [3.8, 4) is 17.2 Å². The van der Waals surface area contributed by atoms with Gasteiger partial charge in [0.25, 0.3) is 0 Å². The van der Waals surface area contributed by atoms with E-state index in [1.54, 1.807) is 48.6 Å². The van der Waals surface area contributed by atoms with Crippen LogP contribution in [0.2, 0.25) is 0 Å². The lowest BCUT2D eigenvalue weighted by atomic mass is 10.1. The van der Waals surface area contributed by atoms with E-state index in [0.29, 0.717) is 17.9 Å². The normalized spacial score (nSPS) is 10.6. The minimum Gasteiger partial charge on any atom is -0.434 e. The predicted octanol–water partition coefficient (Wildman–Crippen LogP) is 7.80. The average molecular weight is 529 g/mol. The van der Waals surface area contributed by atoms with Gasteiger partial charge in [-0.05, 0) is 54.7 Å². The molecule has 9 heteroatoms. The van der Waals surface area contributed by atoms with Crippen molar-refractivity contribution in [3.63, 3.8) is 0 Å². The monoisotopic (exact) mass is 528 g/mol. The van der Waals surface area contributed by atoms with Crippen molar-refractivity contribution in [2.45, 2.75) is 59.3 Å². The summed E-state index contributed by atoms with van der Waals surface area (Å²) in [7, 11) is 0. The molecule has 0 heterocycles. The molecule has 0 amide bonds. The van der Waals surface area contributed by atoms with Crippen LogP contribution in [-0.2, 0) is 14.2 Å². The molecule has 0 N–H and O–H groups in total. The average Bonchev–Trinajstić information content (AvgIpc) is 2.88. The van der Waals surface area contributed by atoms with Crippen LogP contribution in [0.5, 0.6) is 17.2 Å². The first-order valence-corrected chi connectivity index (χ1v) is 12.9. The Labute approximate surface area is 223 Å². The van der Waals surface area contributed by atoms with Gasteiger partial charge >= 0.3 is 18.5 Å². The van der Waals surface area contributed by atoms with E-state index in [0.717, 1.165) is 44.1 Å². The summed E-state index contributed by atoms with van der Waals surface area (Å²) < 4.78 is 30.8. The van der Waals surface area contributed by atoms with E-state index in [9.17, 15) is 14.4 Å². The van der Waals surface area contributed by atoms with Crippen molar-refractivity contribution in [2.75, 3.05) is 19.8 Å². The number of benzene rings is 2. The first-order valence-electron chi connectivity index (χ1n) is 12.9. The third-order valence-electron chi connectivity index (χ3n) is 5.01. The van der Waals surface area contributed by atoms with Gasteiger partial charge in [0.1, 0.15) is 17.2 Å². The number of unbranched alkanes of at least 4 members (excludes halogenated alkanes) is 3. The Hall–Kier alpha value is -4.01. The topological polar surface area (TPSA) is 107 Å². The second-order valence-electron chi connectivity index (χ2n) is 8.30. The number of ether oxygens (including phenoxy) is 6. The molecule has 0 saturated heterocycles. The van der Waals surface area contributed by atoms with Crippen LogP contribution in [0.15, 0.2) is 42.5 Å². The highest BCUT2D eigenvalue weighted by Crippen LogP contribution is 2.26. The van der Waals surface area contributed by atoms with Gasteiger partial charge in [-0.2, -0.15) is 0 Å². The fourth-order valence-electron chi connectivity index (χ4n) is 2.92. The van der Waals surface area contributed by atoms with Crippen molar-refractivity contribution in [2.24, 2.45) is 0 Å². The number of carbonyl (C=O) groups is 3. The number of rotatable bonds is 14. The van der Waals surface area contributed by atoms with E-state index in [1.165, 1.54) is 6.07 Å². The van der Waals surface area contributed by atoms with Crippen molar-refractivity contribution < 1.29 is 42.8 Å². The van der Waals surface area contributed by atoms with Crippen molar-refractivity contribution in [1.82, 2.24) is 0 Å². The van der Waals surface area contributed by atoms with Gasteiger partial charge in [-0.3, -0.25) is 0 Å². The molecule has 0 bridgehead atoms. The van der Waals surface area contributed by atoms with Crippen LogP contribution >= 0.6 is 0 Å². The largest absolute Gasteiger partial charge is 0.513 e. The van der Waals surface area contributed by atoms with Gasteiger partial charge in [-0.1, -0.05) is 64.3 Å². The van der Waals surface area contributed by atoms with Crippen LogP contribution < -0.4 is 14.2 Å². The summed E-state index contributed by atoms with van der Waals surface area (Å²) in [5, 5.41) is 0. The van der Waals surface area contributed by atoms with Crippen molar-refractivity contribution >= 4 is 30.6 Å². The smallest absolute Gasteiger partial charge is 0.434 e. The highest BCUT2D eigenvalue weighted by Gasteiger charge is 2.12. The summed E-state index contributed by atoms with van der Waals surface area (Å²) in [6.45, 7) is 6.78. The summed E-state index contributed by atoms with van der Waals surface area (Å²) in [6.07, 6.45) is 6.00. The molecule has 9 nitrogen and oxygen atoms in total. The van der Waals surface area contributed by atoms with Gasteiger partial charge in [-0.25, -0.2) is 14.4 Å². The Morgan fingerprint density at radius 1 is 0.553 bits per heavy atom. The number of carbonyl (C=O) groups excluding carboxylic acids is 3. The lowest BCUT2D eigenvalue weighted by Gasteiger charge is -2.10. The third-order valence-corrected chi connectivity index (χ3v) is 5.01. The summed E-state index contributed by atoms with van der Waals surface area (Å²) in [4.78, 5) is 35.8. The Kier molecular flexibility index (Phi) is 13.9. The molecule has 0 aliphatic carbocycles. The Morgan fingerprint density at radius 3 is 1.37 bits per heavy atom. The lowest BCUT2D eigenvalue weighted by Crippen LogP contribution is -2.13. The lowest BCUT2D eigenvalue weighted by molar-refractivity contribution is 0.0955. The second kappa shape index (κ2) is 17.4. The highest BCUT2D eigenvalue weighted by atomic mass is 16.7. The van der Waals surface area contributed by atoms with Gasteiger partial charge in [0.15, 0.2) is 0 Å². The minimum atomic E-state index is -0.847. The van der Waals surface area contributed by atoms with Gasteiger partial charge in [0, 0.05) is 6.07 Å². The van der Waals surface area contributed by atoms with Crippen LogP contribution in [0.4, 0.5) is 14.4 Å². The molecular weight excluding hydrogens is 492 g/mol. The van der Waals surface area contributed by atoms with Gasteiger partial charge < -0.3 is 28.4 Å². The van der Waals surface area contributed by atoms with E-state index in [-0.39, 0.29) is 24.7 Å². The Morgan fingerprint density at radius 2 is 0.947 bits per heavy atom. The number of hydrogen-bond acceptors (Lipinski definition) is 9. The first kappa shape index (κ1) is 30.2. The molecule has 0 aliphatic heterocycles. The zero-order valence-electron chi connectivity index (χ0n) is 22.2. The maximum atomic E-state index is 12.0. The molecule has 38 heavy (non-hydrogen) atoms. The van der Waals surface area contributed by atoms with Crippen LogP contribution in [0.25, 0.3) is 12.2 Å². The van der Waals surface area contributed by atoms with Crippen LogP contribution in [0, 0.1) is 0 Å². The SMILES string of the molecule is CCCCOC(=O)Oc1ccc(/C=C/c2cc(OC(=O)OCCCC)cc(OC(=O)OCCCC)c2)cc1. The van der Waals surface area contributed by atoms with Crippen LogP contribution in [0.1, 0.15) is 70.4 Å². The molecule has 206 valence electrons. The molecule has 0 saturated carbocycles. The van der Waals surface area contributed by atoms with E-state index < -0.39 is 18.5 Å². The summed E-state index contributed by atoms with van der Waals surface area (Å²) in [5.74, 6) is 0.656. The molecule has 0 aromatic heterocycles. The van der Waals surface area contributed by atoms with Crippen molar-refractivity contribution in [1.29, 1.82) is 0 Å². The van der Waals surface area contributed by atoms with Crippen molar-refractivity contribution in [3.05, 3.63) is 53.6 Å². The minimum absolute atomic E-state index is 0.148. The maximum Gasteiger partial charge on any atom is 0.513 e. The van der Waals surface area contributed by atoms with Crippen LogP contribution in [-0.4, -0.2) is 38.3 Å². The summed E-state index contributed by atoms with van der Waals surface area (Å²) in [6, 6.07) is 11.4. The quantitative estimate of drug-likeness (QED) is 0.0797. The second-order valence-corrected chi connectivity index (χ2v) is 8.30. The van der Waals surface area contributed by atoms with Crippen LogP contribution in [0.3, 0.4) is 0 Å². The first-order chi connectivity index (χ1) is 18.4. The molecule has 0 unspecified atom stereocenters. The van der Waals surface area contributed by atoms with E-state index >= 15 is 0 Å². The fraction of sp³-hybridized carbons (Fsp3) is 0.414. The molecular formula is C29H36O9. The highest BCUT2D eigenvalue weighted by molar-refractivity contribution is 5.73. The molecule has 2 rings (SSSR count). The third kappa shape index (κ3) is 12.3. The Balaban J connectivity index is 2.10. The zero-order chi connectivity index (χ0) is 27.6. The zero-order valence-corrected chi connectivity index (χ0v) is 22.2. The fourth-order valence-corrected chi connectivity index (χ4v) is 2.92. The van der Waals surface area contributed by atoms with E-state index in [2.05, 4.69) is 0 Å². The van der Waals surface area contributed by atoms with Gasteiger partial charge in [0.05, 0.1) is 19.8 Å². The molecule has 0 fully saturated rings. The summed E-state index contributed by atoms with van der Waals surface area (Å²) in [5.41, 5.74) is 1.41. The molecule has 0 aliphatic rings. The number of hydrogen-bond donors (Lipinski definition) is 0. The molecule has 0 spiro atoms. The molecule has 0 radical (unpaired) electrons. The Bertz CT molecular complexity index is 1000. The standard InChI is InChI=1S/C29H36O9/c1-4-7-16-33-27(30)36-24-14-12-22(13-15-24)10-11-23-19-25(37-28(31)34-17-8-5-2)21-26(20-23)38-29(32)35-18-9-6-3/h10-15,19-21H,4-9,16-18H2,1-3H3/b11-10+. The van der Waals surface area contributed by atoms with Gasteiger partial charge in [0.2, 0.25) is 0 Å². The summed E-state index contributed by atoms with van der Waals surface area (Å²) >= 11 is 0. The van der Waals surface area contributed by atoms with E-state index in [1.807, 2.05) is 20.8 Å². The van der Waals surface area contributed by atoms with Gasteiger partial charge in [-0.15, -0.1) is 0 Å². The maximum absolute atomic E-state index is 12.0. The predicted molar refractivity (Wildman–Crippen MR) is 142 cm³/mol. The van der Waals surface area contributed by atoms with E-state index in [4.69, 9.17) is 28.4 Å². The molecule has 2 aromatic carbocycles.